The van der Waals surface area contributed by atoms with Gasteiger partial charge in [0.05, 0.1) is 10.6 Å². The number of hydrazine groups is 1. The first-order chi connectivity index (χ1) is 9.13. The fraction of sp³-hybridized carbons (Fsp3) is 0.455. The highest BCUT2D eigenvalue weighted by molar-refractivity contribution is 7.89. The molecule has 112 valence electrons. The number of hydrogen-bond donors (Lipinski definition) is 3. The van der Waals surface area contributed by atoms with Gasteiger partial charge in [-0.05, 0) is 32.4 Å². The number of rotatable bonds is 6. The minimum absolute atomic E-state index is 0.269. The molecule has 0 atom stereocenters. The van der Waals surface area contributed by atoms with Gasteiger partial charge in [-0.3, -0.25) is 16.0 Å². The van der Waals surface area contributed by atoms with Crippen molar-refractivity contribution in [3.05, 3.63) is 28.3 Å². The molecule has 0 unspecified atom stereocenters. The number of nitrogens with two attached hydrogens (primary N) is 1. The third-order valence-corrected chi connectivity index (χ3v) is 4.63. The molecular formula is C11H18N4O4S. The highest BCUT2D eigenvalue weighted by Gasteiger charge is 2.30. The van der Waals surface area contributed by atoms with Gasteiger partial charge < -0.3 is 5.43 Å². The summed E-state index contributed by atoms with van der Waals surface area (Å²) in [5.74, 6) is 5.21. The summed E-state index contributed by atoms with van der Waals surface area (Å²) in [5.41, 5.74) is 1.33. The van der Waals surface area contributed by atoms with Gasteiger partial charge in [0.25, 0.3) is 5.69 Å². The van der Waals surface area contributed by atoms with Crippen LogP contribution in [-0.2, 0) is 10.0 Å². The molecule has 1 aromatic carbocycles. The highest BCUT2D eigenvalue weighted by Crippen LogP contribution is 2.28. The smallest absolute Gasteiger partial charge is 0.289 e. The van der Waals surface area contributed by atoms with E-state index in [0.29, 0.717) is 6.42 Å². The van der Waals surface area contributed by atoms with Crippen molar-refractivity contribution in [1.82, 2.24) is 4.72 Å². The molecule has 0 radical (unpaired) electrons. The first-order valence-electron chi connectivity index (χ1n) is 5.92. The van der Waals surface area contributed by atoms with E-state index in [1.807, 2.05) is 6.92 Å². The van der Waals surface area contributed by atoms with E-state index in [2.05, 4.69) is 10.1 Å². The third-order valence-electron chi connectivity index (χ3n) is 2.91. The van der Waals surface area contributed by atoms with Crippen molar-refractivity contribution in [2.24, 2.45) is 5.84 Å². The first kappa shape index (κ1) is 16.3. The molecule has 0 heterocycles. The van der Waals surface area contributed by atoms with Crippen LogP contribution in [-0.4, -0.2) is 18.9 Å². The predicted molar refractivity (Wildman–Crippen MR) is 75.6 cm³/mol. The summed E-state index contributed by atoms with van der Waals surface area (Å²) < 4.78 is 27.1. The molecule has 0 bridgehead atoms. The Kier molecular flexibility index (Phi) is 4.69. The lowest BCUT2D eigenvalue weighted by Crippen LogP contribution is -2.42. The molecule has 0 aromatic heterocycles. The molecule has 8 nitrogen and oxygen atoms in total. The normalized spacial score (nSPS) is 12.2. The summed E-state index contributed by atoms with van der Waals surface area (Å²) in [6.45, 7) is 5.21. The number of nitro benzene ring substituents is 1. The second kappa shape index (κ2) is 5.73. The van der Waals surface area contributed by atoms with Crippen molar-refractivity contribution in [3.63, 3.8) is 0 Å². The molecule has 9 heteroatoms. The van der Waals surface area contributed by atoms with Crippen LogP contribution in [0.2, 0.25) is 0 Å². The van der Waals surface area contributed by atoms with E-state index in [0.717, 1.165) is 12.1 Å². The van der Waals surface area contributed by atoms with Crippen LogP contribution in [0.4, 0.5) is 11.4 Å². The molecule has 0 saturated heterocycles. The third kappa shape index (κ3) is 3.65. The van der Waals surface area contributed by atoms with Gasteiger partial charge in [-0.15, -0.1) is 0 Å². The topological polar surface area (TPSA) is 127 Å². The van der Waals surface area contributed by atoms with Crippen molar-refractivity contribution in [1.29, 1.82) is 0 Å². The largest absolute Gasteiger partial charge is 0.324 e. The molecule has 4 N–H and O–H groups in total. The SMILES string of the molecule is CCC(C)(C)NS(=O)(=O)c1cc(NN)ccc1[N+](=O)[O-]. The monoisotopic (exact) mass is 302 g/mol. The molecule has 0 saturated carbocycles. The predicted octanol–water partition coefficient (Wildman–Crippen LogP) is 1.35. The molecule has 0 spiro atoms. The summed E-state index contributed by atoms with van der Waals surface area (Å²) >= 11 is 0. The quantitative estimate of drug-likeness (QED) is 0.413. The van der Waals surface area contributed by atoms with Crippen LogP contribution in [0, 0.1) is 10.1 Å². The van der Waals surface area contributed by atoms with Gasteiger partial charge in [0.2, 0.25) is 10.0 Å². The maximum absolute atomic E-state index is 12.3. The Morgan fingerprint density at radius 2 is 2.00 bits per heavy atom. The van der Waals surface area contributed by atoms with Crippen LogP contribution >= 0.6 is 0 Å². The lowest BCUT2D eigenvalue weighted by atomic mass is 10.0. The van der Waals surface area contributed by atoms with Gasteiger partial charge in [0.15, 0.2) is 4.90 Å². The van der Waals surface area contributed by atoms with Crippen molar-refractivity contribution in [3.8, 4) is 0 Å². The molecule has 0 aliphatic rings. The molecular weight excluding hydrogens is 284 g/mol. The second-order valence-corrected chi connectivity index (χ2v) is 6.58. The summed E-state index contributed by atoms with van der Waals surface area (Å²) in [7, 11) is -4.03. The van der Waals surface area contributed by atoms with Gasteiger partial charge in [-0.2, -0.15) is 0 Å². The number of benzene rings is 1. The molecule has 20 heavy (non-hydrogen) atoms. The zero-order valence-electron chi connectivity index (χ0n) is 11.5. The van der Waals surface area contributed by atoms with E-state index < -0.39 is 31.1 Å². The van der Waals surface area contributed by atoms with Gasteiger partial charge in [-0.1, -0.05) is 6.92 Å². The Hall–Kier alpha value is -1.71. The van der Waals surface area contributed by atoms with E-state index in [4.69, 9.17) is 5.84 Å². The summed E-state index contributed by atoms with van der Waals surface area (Å²) in [5, 5.41) is 11.0. The van der Waals surface area contributed by atoms with Crippen LogP contribution in [0.1, 0.15) is 27.2 Å². The lowest BCUT2D eigenvalue weighted by Gasteiger charge is -2.24. The maximum Gasteiger partial charge on any atom is 0.289 e. The Morgan fingerprint density at radius 3 is 2.45 bits per heavy atom. The summed E-state index contributed by atoms with van der Waals surface area (Å²) in [6, 6.07) is 3.57. The fourth-order valence-corrected chi connectivity index (χ4v) is 3.14. The average molecular weight is 302 g/mol. The van der Waals surface area contributed by atoms with Gasteiger partial charge >= 0.3 is 0 Å². The van der Waals surface area contributed by atoms with Crippen LogP contribution in [0.25, 0.3) is 0 Å². The Bertz CT molecular complexity index is 613. The summed E-state index contributed by atoms with van der Waals surface area (Å²) in [4.78, 5) is 9.81. The number of sulfonamides is 1. The standard InChI is InChI=1S/C11H18N4O4S/c1-4-11(2,3)14-20(18,19)10-7-8(13-12)5-6-9(10)15(16)17/h5-7,13-14H,4,12H2,1-3H3. The molecule has 0 aliphatic carbocycles. The Balaban J connectivity index is 3.39. The Morgan fingerprint density at radius 1 is 1.40 bits per heavy atom. The molecule has 1 aromatic rings. The van der Waals surface area contributed by atoms with Crippen molar-refractivity contribution in [2.45, 2.75) is 37.6 Å². The molecule has 1 rings (SSSR count). The summed E-state index contributed by atoms with van der Waals surface area (Å²) in [6.07, 6.45) is 0.537. The van der Waals surface area contributed by atoms with E-state index in [-0.39, 0.29) is 5.69 Å². The highest BCUT2D eigenvalue weighted by atomic mass is 32.2. The van der Waals surface area contributed by atoms with E-state index in [1.54, 1.807) is 13.8 Å². The zero-order valence-corrected chi connectivity index (χ0v) is 12.3. The van der Waals surface area contributed by atoms with Crippen LogP contribution in [0.5, 0.6) is 0 Å². The minimum atomic E-state index is -4.03. The van der Waals surface area contributed by atoms with Gasteiger partial charge in [0, 0.05) is 11.6 Å². The number of hydrogen-bond acceptors (Lipinski definition) is 6. The maximum atomic E-state index is 12.3. The van der Waals surface area contributed by atoms with Gasteiger partial charge in [0.1, 0.15) is 0 Å². The number of nitrogens with one attached hydrogen (secondary N) is 2. The molecule has 0 aliphatic heterocycles. The van der Waals surface area contributed by atoms with Crippen molar-refractivity contribution >= 4 is 21.4 Å². The van der Waals surface area contributed by atoms with E-state index >= 15 is 0 Å². The van der Waals surface area contributed by atoms with Crippen LogP contribution in [0.3, 0.4) is 0 Å². The van der Waals surface area contributed by atoms with Gasteiger partial charge in [-0.25, -0.2) is 13.1 Å². The minimum Gasteiger partial charge on any atom is -0.324 e. The fourth-order valence-electron chi connectivity index (χ4n) is 1.46. The number of nitrogens with zero attached hydrogens (tertiary/aromatic N) is 1. The average Bonchev–Trinajstić information content (AvgIpc) is 2.36. The lowest BCUT2D eigenvalue weighted by molar-refractivity contribution is -0.387. The Labute approximate surface area is 117 Å². The molecule has 0 amide bonds. The number of nitrogen functional groups attached to an aromatic ring is 1. The number of anilines is 1. The van der Waals surface area contributed by atoms with Crippen LogP contribution in [0.15, 0.2) is 23.1 Å². The second-order valence-electron chi connectivity index (χ2n) is 4.93. The van der Waals surface area contributed by atoms with Crippen molar-refractivity contribution < 1.29 is 13.3 Å². The van der Waals surface area contributed by atoms with E-state index in [1.165, 1.54) is 6.07 Å². The van der Waals surface area contributed by atoms with E-state index in [9.17, 15) is 18.5 Å². The zero-order chi connectivity index (χ0) is 15.6. The number of nitro groups is 1. The van der Waals surface area contributed by atoms with Crippen molar-refractivity contribution in [2.75, 3.05) is 5.43 Å². The first-order valence-corrected chi connectivity index (χ1v) is 7.40. The molecule has 0 fully saturated rings. The van der Waals surface area contributed by atoms with Crippen LogP contribution < -0.4 is 16.0 Å².